The number of hydrogen-bond donors (Lipinski definition) is 3. The van der Waals surface area contributed by atoms with Crippen LogP contribution in [0.15, 0.2) is 82.9 Å². The van der Waals surface area contributed by atoms with Crippen LogP contribution in [0.4, 0.5) is 17.1 Å². The molecule has 0 saturated heterocycles. The van der Waals surface area contributed by atoms with Gasteiger partial charge in [-0.3, -0.25) is 14.3 Å². The minimum absolute atomic E-state index is 0.128. The summed E-state index contributed by atoms with van der Waals surface area (Å²) < 4.78 is 14.8. The van der Waals surface area contributed by atoms with Crippen LogP contribution in [0, 0.1) is 4.91 Å². The highest BCUT2D eigenvalue weighted by atomic mass is 32.2. The first kappa shape index (κ1) is 24.7. The van der Waals surface area contributed by atoms with Crippen LogP contribution in [0.1, 0.15) is 20.7 Å². The normalized spacial score (nSPS) is 11.5. The molecule has 1 atom stereocenters. The molecule has 2 amide bonds. The fourth-order valence-electron chi connectivity index (χ4n) is 3.00. The summed E-state index contributed by atoms with van der Waals surface area (Å²) in [6.45, 7) is 1.38. The number of nitrogens with one attached hydrogen (secondary N) is 3. The summed E-state index contributed by atoms with van der Waals surface area (Å²) in [5.74, 6) is -1.01. The standard InChI is InChI=1S/C24H25N5O4S/c1-29(2)14-13-25-21-12-11-18(16-22(21)27-32)23(30)26-19-8-6-7-17(15-19)24(31)28-34(33)20-9-4-3-5-10-20/h3-12,15-16,25H,13-14H2,1-2H3,(H,26,30)(H,28,31). The molecule has 0 fully saturated rings. The first-order valence-corrected chi connectivity index (χ1v) is 11.6. The predicted molar refractivity (Wildman–Crippen MR) is 134 cm³/mol. The van der Waals surface area contributed by atoms with Crippen LogP contribution in [0.5, 0.6) is 0 Å². The van der Waals surface area contributed by atoms with Gasteiger partial charge in [-0.05, 0) is 67.8 Å². The van der Waals surface area contributed by atoms with Gasteiger partial charge < -0.3 is 15.5 Å². The van der Waals surface area contributed by atoms with Crippen LogP contribution in [0.2, 0.25) is 0 Å². The van der Waals surface area contributed by atoms with Gasteiger partial charge in [-0.1, -0.05) is 24.3 Å². The summed E-state index contributed by atoms with van der Waals surface area (Å²) in [6.07, 6.45) is 0. The zero-order valence-electron chi connectivity index (χ0n) is 18.8. The SMILES string of the molecule is CN(C)CCNc1ccc(C(=O)Nc2cccc(C(=O)NS(=O)c3ccccc3)c2)cc1N=O. The van der Waals surface area contributed by atoms with E-state index >= 15 is 0 Å². The average molecular weight is 480 g/mol. The van der Waals surface area contributed by atoms with Crippen LogP contribution < -0.4 is 15.4 Å². The Morgan fingerprint density at radius 2 is 1.65 bits per heavy atom. The number of carbonyl (C=O) groups is 2. The minimum atomic E-state index is -1.71. The molecule has 0 radical (unpaired) electrons. The van der Waals surface area contributed by atoms with Crippen molar-refractivity contribution in [1.82, 2.24) is 9.62 Å². The number of benzene rings is 3. The van der Waals surface area contributed by atoms with E-state index in [0.717, 1.165) is 6.54 Å². The van der Waals surface area contributed by atoms with E-state index in [2.05, 4.69) is 20.5 Å². The van der Waals surface area contributed by atoms with Crippen molar-refractivity contribution in [2.45, 2.75) is 4.90 Å². The van der Waals surface area contributed by atoms with Gasteiger partial charge in [-0.2, -0.15) is 0 Å². The van der Waals surface area contributed by atoms with Crippen molar-refractivity contribution in [1.29, 1.82) is 0 Å². The van der Waals surface area contributed by atoms with Crippen LogP contribution in [-0.4, -0.2) is 48.1 Å². The van der Waals surface area contributed by atoms with Crippen molar-refractivity contribution in [2.75, 3.05) is 37.8 Å². The third-order valence-corrected chi connectivity index (χ3v) is 5.83. The van der Waals surface area contributed by atoms with Gasteiger partial charge in [0.05, 0.1) is 10.6 Å². The van der Waals surface area contributed by atoms with Gasteiger partial charge >= 0.3 is 0 Å². The van der Waals surface area contributed by atoms with E-state index in [4.69, 9.17) is 0 Å². The highest BCUT2D eigenvalue weighted by Gasteiger charge is 2.14. The fourth-order valence-corrected chi connectivity index (χ4v) is 3.81. The molecule has 3 aromatic carbocycles. The Balaban J connectivity index is 1.67. The largest absolute Gasteiger partial charge is 0.382 e. The average Bonchev–Trinajstić information content (AvgIpc) is 2.84. The molecule has 0 spiro atoms. The molecule has 0 heterocycles. The van der Waals surface area contributed by atoms with E-state index in [1.54, 1.807) is 60.7 Å². The molecule has 0 bridgehead atoms. The third-order valence-electron chi connectivity index (χ3n) is 4.76. The van der Waals surface area contributed by atoms with Crippen LogP contribution in [0.3, 0.4) is 0 Å². The molecular formula is C24H25N5O4S. The Hall–Kier alpha value is -3.89. The lowest BCUT2D eigenvalue weighted by Crippen LogP contribution is -2.25. The van der Waals surface area contributed by atoms with Crippen LogP contribution in [-0.2, 0) is 11.0 Å². The first-order chi connectivity index (χ1) is 16.4. The molecule has 0 saturated carbocycles. The summed E-state index contributed by atoms with van der Waals surface area (Å²) in [7, 11) is 2.17. The molecule has 10 heteroatoms. The molecule has 34 heavy (non-hydrogen) atoms. The number of anilines is 2. The molecule has 3 aromatic rings. The predicted octanol–water partition coefficient (Wildman–Crippen LogP) is 3.76. The minimum Gasteiger partial charge on any atom is -0.382 e. The highest BCUT2D eigenvalue weighted by molar-refractivity contribution is 7.83. The van der Waals surface area contributed by atoms with Crippen molar-refractivity contribution in [3.63, 3.8) is 0 Å². The molecule has 3 N–H and O–H groups in total. The molecule has 176 valence electrons. The van der Waals surface area contributed by atoms with Crippen molar-refractivity contribution >= 4 is 39.9 Å². The van der Waals surface area contributed by atoms with E-state index in [0.29, 0.717) is 22.8 Å². The number of amides is 2. The van der Waals surface area contributed by atoms with E-state index < -0.39 is 22.8 Å². The smallest absolute Gasteiger partial charge is 0.263 e. The van der Waals surface area contributed by atoms with Crippen molar-refractivity contribution in [3.05, 3.63) is 88.8 Å². The summed E-state index contributed by atoms with van der Waals surface area (Å²) >= 11 is 0. The lowest BCUT2D eigenvalue weighted by Gasteiger charge is -2.13. The molecule has 9 nitrogen and oxygen atoms in total. The van der Waals surface area contributed by atoms with Gasteiger partial charge in [0, 0.05) is 29.9 Å². The topological polar surface area (TPSA) is 120 Å². The highest BCUT2D eigenvalue weighted by Crippen LogP contribution is 2.26. The van der Waals surface area contributed by atoms with Gasteiger partial charge in [0.25, 0.3) is 11.8 Å². The third kappa shape index (κ3) is 6.80. The Bertz CT molecular complexity index is 1200. The number of likely N-dealkylation sites (N-methyl/N-ethyl adjacent to an activating group) is 1. The Labute approximate surface area is 200 Å². The number of nitrogens with zero attached hydrogens (tertiary/aromatic N) is 2. The second-order valence-electron chi connectivity index (χ2n) is 7.60. The van der Waals surface area contributed by atoms with E-state index in [-0.39, 0.29) is 16.8 Å². The summed E-state index contributed by atoms with van der Waals surface area (Å²) in [6, 6.07) is 19.4. The molecule has 0 aliphatic carbocycles. The fraction of sp³-hybridized carbons (Fsp3) is 0.167. The molecule has 0 aliphatic heterocycles. The Kier molecular flexibility index (Phi) is 8.60. The molecule has 0 aromatic heterocycles. The number of rotatable bonds is 10. The molecule has 3 rings (SSSR count). The summed E-state index contributed by atoms with van der Waals surface area (Å²) in [4.78, 5) is 39.0. The zero-order chi connectivity index (χ0) is 24.5. The van der Waals surface area contributed by atoms with Gasteiger partial charge in [0.2, 0.25) is 0 Å². The quantitative estimate of drug-likeness (QED) is 0.381. The van der Waals surface area contributed by atoms with Gasteiger partial charge in [-0.25, -0.2) is 4.21 Å². The first-order valence-electron chi connectivity index (χ1n) is 10.4. The van der Waals surface area contributed by atoms with E-state index in [9.17, 15) is 18.7 Å². The summed E-state index contributed by atoms with van der Waals surface area (Å²) in [5.41, 5.74) is 1.52. The van der Waals surface area contributed by atoms with Crippen molar-refractivity contribution in [2.24, 2.45) is 5.18 Å². The molecule has 1 unspecified atom stereocenters. The van der Waals surface area contributed by atoms with Gasteiger partial charge in [-0.15, -0.1) is 4.91 Å². The number of carbonyl (C=O) groups excluding carboxylic acids is 2. The Morgan fingerprint density at radius 3 is 2.35 bits per heavy atom. The van der Waals surface area contributed by atoms with Gasteiger partial charge in [0.15, 0.2) is 11.0 Å². The van der Waals surface area contributed by atoms with Crippen LogP contribution in [0.25, 0.3) is 0 Å². The lowest BCUT2D eigenvalue weighted by molar-refractivity contribution is 0.0980. The van der Waals surface area contributed by atoms with Crippen LogP contribution >= 0.6 is 0 Å². The van der Waals surface area contributed by atoms with Crippen molar-refractivity contribution in [3.8, 4) is 0 Å². The maximum atomic E-state index is 12.7. The lowest BCUT2D eigenvalue weighted by atomic mass is 10.1. The van der Waals surface area contributed by atoms with E-state index in [1.165, 1.54) is 12.1 Å². The van der Waals surface area contributed by atoms with Gasteiger partial charge in [0.1, 0.15) is 5.69 Å². The molecule has 0 aliphatic rings. The second-order valence-corrected chi connectivity index (χ2v) is 8.81. The number of hydrogen-bond acceptors (Lipinski definition) is 7. The Morgan fingerprint density at radius 1 is 0.912 bits per heavy atom. The number of nitroso groups, excluding NO2 is 1. The summed E-state index contributed by atoms with van der Waals surface area (Å²) in [5, 5.41) is 8.84. The second kappa shape index (κ2) is 11.8. The zero-order valence-corrected chi connectivity index (χ0v) is 19.6. The maximum absolute atomic E-state index is 12.7. The molecular weight excluding hydrogens is 454 g/mol. The van der Waals surface area contributed by atoms with E-state index in [1.807, 2.05) is 19.0 Å². The van der Waals surface area contributed by atoms with Crippen molar-refractivity contribution < 1.29 is 13.8 Å². The monoisotopic (exact) mass is 479 g/mol. The maximum Gasteiger partial charge on any atom is 0.263 e.